The summed E-state index contributed by atoms with van der Waals surface area (Å²) < 4.78 is 6.54. The van der Waals surface area contributed by atoms with Gasteiger partial charge in [0.2, 0.25) is 11.1 Å². The smallest absolute Gasteiger partial charge is 0.230 e. The highest BCUT2D eigenvalue weighted by molar-refractivity contribution is 7.99. The minimum Gasteiger partial charge on any atom is -0.497 e. The van der Waals surface area contributed by atoms with E-state index in [1.54, 1.807) is 7.11 Å². The Morgan fingerprint density at radius 2 is 1.83 bits per heavy atom. The number of hydrogen-bond donors (Lipinski definition) is 3. The minimum atomic E-state index is -0.0866. The van der Waals surface area contributed by atoms with Gasteiger partial charge in [-0.1, -0.05) is 41.6 Å². The van der Waals surface area contributed by atoms with E-state index in [1.807, 2.05) is 55.5 Å². The Hall–Kier alpha value is -3.20. The summed E-state index contributed by atoms with van der Waals surface area (Å²) in [5, 5.41) is 14.8. The number of anilines is 1. The van der Waals surface area contributed by atoms with Crippen molar-refractivity contribution in [2.45, 2.75) is 25.2 Å². The number of nitrogens with two attached hydrogens (primary N) is 1. The minimum absolute atomic E-state index is 0.0866. The van der Waals surface area contributed by atoms with Gasteiger partial charge in [-0.3, -0.25) is 4.79 Å². The quantitative estimate of drug-likeness (QED) is 0.366. The molecular weight excluding hydrogens is 388 g/mol. The van der Waals surface area contributed by atoms with Gasteiger partial charge in [0.15, 0.2) is 5.82 Å². The molecule has 2 aromatic carbocycles. The van der Waals surface area contributed by atoms with E-state index in [0.717, 1.165) is 17.0 Å². The number of carbonyl (C=O) groups excluding carboxylic acids is 1. The van der Waals surface area contributed by atoms with Crippen LogP contribution in [0.25, 0.3) is 0 Å². The fourth-order valence-corrected chi connectivity index (χ4v) is 3.21. The molecule has 0 bridgehead atoms. The monoisotopic (exact) mass is 412 g/mol. The molecule has 4 N–H and O–H groups in total. The molecule has 0 saturated heterocycles. The summed E-state index contributed by atoms with van der Waals surface area (Å²) in [6.45, 7) is 2.94. The van der Waals surface area contributed by atoms with Gasteiger partial charge >= 0.3 is 0 Å². The summed E-state index contributed by atoms with van der Waals surface area (Å²) in [5.41, 5.74) is 3.16. The van der Waals surface area contributed by atoms with Gasteiger partial charge in [0.25, 0.3) is 0 Å². The number of thioether (sulfide) groups is 1. The van der Waals surface area contributed by atoms with E-state index in [0.29, 0.717) is 24.1 Å². The maximum Gasteiger partial charge on any atom is 0.230 e. The van der Waals surface area contributed by atoms with Crippen molar-refractivity contribution >= 4 is 23.4 Å². The van der Waals surface area contributed by atoms with Gasteiger partial charge in [0.1, 0.15) is 5.75 Å². The number of rotatable bonds is 9. The molecule has 1 aromatic heterocycles. The molecule has 29 heavy (non-hydrogen) atoms. The lowest BCUT2D eigenvalue weighted by atomic mass is 10.1. The van der Waals surface area contributed by atoms with E-state index in [4.69, 9.17) is 10.6 Å². The fourth-order valence-electron chi connectivity index (χ4n) is 2.50. The second-order valence-electron chi connectivity index (χ2n) is 6.40. The third-order valence-corrected chi connectivity index (χ3v) is 5.16. The van der Waals surface area contributed by atoms with Crippen molar-refractivity contribution in [3.63, 3.8) is 0 Å². The van der Waals surface area contributed by atoms with Crippen LogP contribution in [0.4, 0.5) is 5.69 Å². The molecule has 1 amide bonds. The van der Waals surface area contributed by atoms with Crippen molar-refractivity contribution in [1.82, 2.24) is 20.2 Å². The Kier molecular flexibility index (Phi) is 6.96. The fraction of sp³-hybridized carbons (Fsp3) is 0.250. The highest BCUT2D eigenvalue weighted by atomic mass is 32.2. The van der Waals surface area contributed by atoms with Crippen LogP contribution in [-0.2, 0) is 17.9 Å². The summed E-state index contributed by atoms with van der Waals surface area (Å²) in [6, 6.07) is 15.6. The van der Waals surface area contributed by atoms with E-state index < -0.39 is 0 Å². The van der Waals surface area contributed by atoms with Crippen LogP contribution >= 0.6 is 11.8 Å². The Labute approximate surface area is 173 Å². The van der Waals surface area contributed by atoms with E-state index in [9.17, 15) is 4.79 Å². The summed E-state index contributed by atoms with van der Waals surface area (Å²) in [6.07, 6.45) is 0. The van der Waals surface area contributed by atoms with Gasteiger partial charge < -0.3 is 21.2 Å². The van der Waals surface area contributed by atoms with Gasteiger partial charge in [0, 0.05) is 12.2 Å². The van der Waals surface area contributed by atoms with E-state index in [2.05, 4.69) is 20.8 Å². The van der Waals surface area contributed by atoms with Crippen LogP contribution in [0.5, 0.6) is 5.75 Å². The van der Waals surface area contributed by atoms with Gasteiger partial charge in [-0.2, -0.15) is 0 Å². The maximum absolute atomic E-state index is 12.1. The first-order chi connectivity index (χ1) is 14.0. The summed E-state index contributed by atoms with van der Waals surface area (Å²) >= 11 is 1.25. The third-order valence-electron chi connectivity index (χ3n) is 4.22. The molecule has 0 saturated carbocycles. The largest absolute Gasteiger partial charge is 0.497 e. The zero-order chi connectivity index (χ0) is 20.6. The lowest BCUT2D eigenvalue weighted by molar-refractivity contribution is -0.118. The lowest BCUT2D eigenvalue weighted by Crippen LogP contribution is -2.25. The predicted octanol–water partition coefficient (Wildman–Crippen LogP) is 2.33. The Morgan fingerprint density at radius 1 is 1.10 bits per heavy atom. The van der Waals surface area contributed by atoms with E-state index in [1.165, 1.54) is 22.0 Å². The van der Waals surface area contributed by atoms with Crippen LogP contribution in [0.3, 0.4) is 0 Å². The molecule has 1 heterocycles. The third kappa shape index (κ3) is 5.89. The number of benzene rings is 2. The first-order valence-electron chi connectivity index (χ1n) is 9.07. The Morgan fingerprint density at radius 3 is 2.52 bits per heavy atom. The Bertz CT molecular complexity index is 941. The number of nitrogen functional groups attached to an aromatic ring is 1. The molecule has 8 nitrogen and oxygen atoms in total. The van der Waals surface area contributed by atoms with Crippen molar-refractivity contribution < 1.29 is 9.53 Å². The van der Waals surface area contributed by atoms with E-state index >= 15 is 0 Å². The van der Waals surface area contributed by atoms with Crippen LogP contribution in [0.2, 0.25) is 0 Å². The average Bonchev–Trinajstić information content (AvgIpc) is 3.10. The molecule has 0 spiro atoms. The second kappa shape index (κ2) is 9.83. The maximum atomic E-state index is 12.1. The molecule has 0 aliphatic heterocycles. The molecule has 3 rings (SSSR count). The van der Waals surface area contributed by atoms with Crippen molar-refractivity contribution in [3.8, 4) is 5.75 Å². The number of amides is 1. The van der Waals surface area contributed by atoms with Crippen LogP contribution < -0.4 is 21.2 Å². The number of aromatic nitrogens is 3. The molecular formula is C20H24N6O2S. The number of hydrogen-bond acceptors (Lipinski definition) is 7. The van der Waals surface area contributed by atoms with Gasteiger partial charge in [0.05, 0.1) is 19.4 Å². The Balaban J connectivity index is 1.45. The zero-order valence-electron chi connectivity index (χ0n) is 16.4. The molecule has 0 aliphatic rings. The van der Waals surface area contributed by atoms with E-state index in [-0.39, 0.29) is 11.7 Å². The summed E-state index contributed by atoms with van der Waals surface area (Å²) in [5.74, 6) is 7.55. The van der Waals surface area contributed by atoms with Gasteiger partial charge in [-0.15, -0.1) is 10.2 Å². The number of methoxy groups -OCH3 is 1. The van der Waals surface area contributed by atoms with Crippen LogP contribution in [0, 0.1) is 6.92 Å². The molecule has 0 atom stereocenters. The summed E-state index contributed by atoms with van der Waals surface area (Å²) in [4.78, 5) is 12.1. The number of aryl methyl sites for hydroxylation is 1. The number of carbonyl (C=O) groups is 1. The van der Waals surface area contributed by atoms with Gasteiger partial charge in [-0.05, 0) is 36.8 Å². The highest BCUT2D eigenvalue weighted by Crippen LogP contribution is 2.17. The molecule has 0 unspecified atom stereocenters. The molecule has 9 heteroatoms. The van der Waals surface area contributed by atoms with Crippen LogP contribution in [-0.4, -0.2) is 33.6 Å². The predicted molar refractivity (Wildman–Crippen MR) is 114 cm³/mol. The number of nitrogens with one attached hydrogen (secondary N) is 2. The van der Waals surface area contributed by atoms with Crippen molar-refractivity contribution in [1.29, 1.82) is 0 Å². The zero-order valence-corrected chi connectivity index (χ0v) is 17.2. The molecule has 0 aliphatic carbocycles. The molecule has 3 aromatic rings. The first-order valence-corrected chi connectivity index (χ1v) is 10.1. The molecule has 0 radical (unpaired) electrons. The normalized spacial score (nSPS) is 10.6. The van der Waals surface area contributed by atoms with Gasteiger partial charge in [-0.25, -0.2) is 4.68 Å². The molecule has 0 fully saturated rings. The second-order valence-corrected chi connectivity index (χ2v) is 7.34. The SMILES string of the molecule is COc1ccc(NCc2nnc(SCC(=O)NCc3ccc(C)cc3)n2N)cc1. The number of ether oxygens (including phenoxy) is 1. The van der Waals surface area contributed by atoms with Crippen LogP contribution in [0.1, 0.15) is 17.0 Å². The van der Waals surface area contributed by atoms with Crippen molar-refractivity contribution in [2.75, 3.05) is 24.0 Å². The van der Waals surface area contributed by atoms with Crippen LogP contribution in [0.15, 0.2) is 53.7 Å². The number of nitrogens with zero attached hydrogens (tertiary/aromatic N) is 3. The topological polar surface area (TPSA) is 107 Å². The summed E-state index contributed by atoms with van der Waals surface area (Å²) in [7, 11) is 1.63. The first kappa shape index (κ1) is 20.5. The van der Waals surface area contributed by atoms with Crippen molar-refractivity contribution in [3.05, 3.63) is 65.5 Å². The van der Waals surface area contributed by atoms with Crippen molar-refractivity contribution in [2.24, 2.45) is 0 Å². The lowest BCUT2D eigenvalue weighted by Gasteiger charge is -2.08. The molecule has 152 valence electrons. The highest BCUT2D eigenvalue weighted by Gasteiger charge is 2.12. The standard InChI is InChI=1S/C20H24N6O2S/c1-14-3-5-15(6-4-14)11-23-19(27)13-29-20-25-24-18(26(20)21)12-22-16-7-9-17(28-2)10-8-16/h3-10,22H,11-13,21H2,1-2H3,(H,23,27). The average molecular weight is 413 g/mol.